The van der Waals surface area contributed by atoms with Crippen LogP contribution in [0.1, 0.15) is 40.0 Å². The number of hydrogen-bond acceptors (Lipinski definition) is 3. The first-order valence-corrected chi connectivity index (χ1v) is 6.20. The lowest BCUT2D eigenvalue weighted by Gasteiger charge is -2.36. The van der Waals surface area contributed by atoms with Crippen LogP contribution < -0.4 is 11.1 Å². The Morgan fingerprint density at radius 2 is 2.12 bits per heavy atom. The fraction of sp³-hybridized carbons (Fsp3) is 0.917. The molecule has 0 aromatic carbocycles. The van der Waals surface area contributed by atoms with Gasteiger partial charge in [0.1, 0.15) is 0 Å². The number of nitrogens with one attached hydrogen (secondary N) is 1. The summed E-state index contributed by atoms with van der Waals surface area (Å²) >= 11 is 0. The molecular formula is C12H24N2O2. The Bertz CT molecular complexity index is 225. The molecule has 1 aliphatic carbocycles. The molecular weight excluding hydrogens is 204 g/mol. The van der Waals surface area contributed by atoms with Crippen LogP contribution in [0, 0.1) is 5.92 Å². The van der Waals surface area contributed by atoms with Crippen LogP contribution in [-0.2, 0) is 9.53 Å². The van der Waals surface area contributed by atoms with Crippen LogP contribution in [0.2, 0.25) is 0 Å². The Morgan fingerprint density at radius 1 is 1.50 bits per heavy atom. The molecule has 0 bridgehead atoms. The zero-order valence-corrected chi connectivity index (χ0v) is 10.5. The Labute approximate surface area is 97.9 Å². The van der Waals surface area contributed by atoms with E-state index in [0.717, 1.165) is 25.9 Å². The molecule has 3 N–H and O–H groups in total. The Kier molecular flexibility index (Phi) is 5.22. The van der Waals surface area contributed by atoms with E-state index in [1.807, 2.05) is 6.92 Å². The van der Waals surface area contributed by atoms with Crippen molar-refractivity contribution in [1.82, 2.24) is 5.32 Å². The van der Waals surface area contributed by atoms with Crippen LogP contribution in [-0.4, -0.2) is 30.7 Å². The van der Waals surface area contributed by atoms with Crippen LogP contribution in [0.3, 0.4) is 0 Å². The molecule has 4 nitrogen and oxygen atoms in total. The van der Waals surface area contributed by atoms with E-state index in [4.69, 9.17) is 10.5 Å². The van der Waals surface area contributed by atoms with E-state index in [-0.39, 0.29) is 18.0 Å². The molecule has 1 fully saturated rings. The van der Waals surface area contributed by atoms with Crippen LogP contribution in [0.4, 0.5) is 0 Å². The maximum atomic E-state index is 11.7. The number of nitrogens with two attached hydrogens (primary N) is 1. The van der Waals surface area contributed by atoms with Gasteiger partial charge in [0, 0.05) is 12.6 Å². The van der Waals surface area contributed by atoms with Gasteiger partial charge in [0.25, 0.3) is 0 Å². The average Bonchev–Trinajstić information content (AvgIpc) is 2.13. The minimum atomic E-state index is -0.369. The minimum Gasteiger partial charge on any atom is -0.378 e. The van der Waals surface area contributed by atoms with Crippen LogP contribution >= 0.6 is 0 Å². The summed E-state index contributed by atoms with van der Waals surface area (Å²) in [6.07, 6.45) is 2.92. The Hall–Kier alpha value is -0.610. The standard InChI is InChI=1S/C12H24N2O2/c1-4-16-10-6-9(7-10)14-12(15)11(13)5-8(2)3/h8-11H,4-7,13H2,1-3H3,(H,14,15). The zero-order chi connectivity index (χ0) is 12.1. The highest BCUT2D eigenvalue weighted by Crippen LogP contribution is 2.23. The van der Waals surface area contributed by atoms with Gasteiger partial charge in [0.05, 0.1) is 12.1 Å². The molecule has 0 spiro atoms. The maximum absolute atomic E-state index is 11.7. The molecule has 0 aromatic rings. The molecule has 0 aromatic heterocycles. The summed E-state index contributed by atoms with van der Waals surface area (Å²) in [7, 11) is 0. The van der Waals surface area contributed by atoms with Crippen LogP contribution in [0.15, 0.2) is 0 Å². The second-order valence-electron chi connectivity index (χ2n) is 4.99. The first-order chi connectivity index (χ1) is 7.52. The molecule has 0 radical (unpaired) electrons. The number of rotatable bonds is 6. The predicted molar refractivity (Wildman–Crippen MR) is 64.0 cm³/mol. The molecule has 1 aliphatic rings. The molecule has 1 saturated carbocycles. The molecule has 1 unspecified atom stereocenters. The van der Waals surface area contributed by atoms with E-state index < -0.39 is 0 Å². The van der Waals surface area contributed by atoms with Crippen molar-refractivity contribution in [3.8, 4) is 0 Å². The van der Waals surface area contributed by atoms with Gasteiger partial charge < -0.3 is 15.8 Å². The molecule has 94 valence electrons. The lowest BCUT2D eigenvalue weighted by molar-refractivity contribution is -0.125. The van der Waals surface area contributed by atoms with Crippen molar-refractivity contribution in [1.29, 1.82) is 0 Å². The second-order valence-corrected chi connectivity index (χ2v) is 4.99. The van der Waals surface area contributed by atoms with E-state index >= 15 is 0 Å². The van der Waals surface area contributed by atoms with Crippen molar-refractivity contribution in [2.45, 2.75) is 58.2 Å². The van der Waals surface area contributed by atoms with Gasteiger partial charge in [0.15, 0.2) is 0 Å². The third-order valence-electron chi connectivity index (χ3n) is 2.91. The number of amides is 1. The van der Waals surface area contributed by atoms with Gasteiger partial charge in [-0.3, -0.25) is 4.79 Å². The van der Waals surface area contributed by atoms with Gasteiger partial charge in [-0.1, -0.05) is 13.8 Å². The monoisotopic (exact) mass is 228 g/mol. The van der Waals surface area contributed by atoms with Crippen molar-refractivity contribution in [2.75, 3.05) is 6.61 Å². The summed E-state index contributed by atoms with van der Waals surface area (Å²) in [6.45, 7) is 6.88. The van der Waals surface area contributed by atoms with Crippen molar-refractivity contribution in [3.05, 3.63) is 0 Å². The summed E-state index contributed by atoms with van der Waals surface area (Å²) in [5.74, 6) is 0.437. The maximum Gasteiger partial charge on any atom is 0.237 e. The highest BCUT2D eigenvalue weighted by Gasteiger charge is 2.31. The summed E-state index contributed by atoms with van der Waals surface area (Å²) in [5.41, 5.74) is 5.80. The van der Waals surface area contributed by atoms with E-state index in [1.54, 1.807) is 0 Å². The topological polar surface area (TPSA) is 64.3 Å². The van der Waals surface area contributed by atoms with Crippen molar-refractivity contribution < 1.29 is 9.53 Å². The molecule has 0 saturated heterocycles. The van der Waals surface area contributed by atoms with E-state index in [2.05, 4.69) is 19.2 Å². The lowest BCUT2D eigenvalue weighted by atomic mass is 9.88. The summed E-state index contributed by atoms with van der Waals surface area (Å²) in [5, 5.41) is 2.97. The van der Waals surface area contributed by atoms with Crippen molar-refractivity contribution >= 4 is 5.91 Å². The fourth-order valence-electron chi connectivity index (χ4n) is 1.98. The first kappa shape index (κ1) is 13.5. The Morgan fingerprint density at radius 3 is 2.62 bits per heavy atom. The molecule has 4 heteroatoms. The van der Waals surface area contributed by atoms with E-state index in [0.29, 0.717) is 12.0 Å². The molecule has 0 aliphatic heterocycles. The smallest absolute Gasteiger partial charge is 0.237 e. The first-order valence-electron chi connectivity index (χ1n) is 6.20. The highest BCUT2D eigenvalue weighted by atomic mass is 16.5. The summed E-state index contributed by atoms with van der Waals surface area (Å²) < 4.78 is 5.43. The van der Waals surface area contributed by atoms with Crippen molar-refractivity contribution in [3.63, 3.8) is 0 Å². The highest BCUT2D eigenvalue weighted by molar-refractivity contribution is 5.81. The molecule has 16 heavy (non-hydrogen) atoms. The molecule has 1 amide bonds. The number of carbonyl (C=O) groups excluding carboxylic acids is 1. The lowest BCUT2D eigenvalue weighted by Crippen LogP contribution is -2.52. The van der Waals surface area contributed by atoms with Gasteiger partial charge in [-0.2, -0.15) is 0 Å². The third-order valence-corrected chi connectivity index (χ3v) is 2.91. The van der Waals surface area contributed by atoms with Gasteiger partial charge in [-0.25, -0.2) is 0 Å². The normalized spacial score (nSPS) is 26.3. The molecule has 1 atom stereocenters. The van der Waals surface area contributed by atoms with E-state index in [9.17, 15) is 4.79 Å². The zero-order valence-electron chi connectivity index (χ0n) is 10.5. The summed E-state index contributed by atoms with van der Waals surface area (Å²) in [4.78, 5) is 11.7. The summed E-state index contributed by atoms with van der Waals surface area (Å²) in [6, 6.07) is -0.103. The fourth-order valence-corrected chi connectivity index (χ4v) is 1.98. The van der Waals surface area contributed by atoms with Gasteiger partial charge in [0.2, 0.25) is 5.91 Å². The van der Waals surface area contributed by atoms with E-state index in [1.165, 1.54) is 0 Å². The van der Waals surface area contributed by atoms with Crippen LogP contribution in [0.25, 0.3) is 0 Å². The van der Waals surface area contributed by atoms with Gasteiger partial charge in [-0.15, -0.1) is 0 Å². The van der Waals surface area contributed by atoms with Gasteiger partial charge >= 0.3 is 0 Å². The molecule has 1 rings (SSSR count). The van der Waals surface area contributed by atoms with Gasteiger partial charge in [-0.05, 0) is 32.1 Å². The van der Waals surface area contributed by atoms with Crippen molar-refractivity contribution in [2.24, 2.45) is 11.7 Å². The number of hydrogen-bond donors (Lipinski definition) is 2. The second kappa shape index (κ2) is 6.21. The quantitative estimate of drug-likeness (QED) is 0.714. The average molecular weight is 228 g/mol. The number of carbonyl (C=O) groups is 1. The molecule has 0 heterocycles. The minimum absolute atomic E-state index is 0.0198. The number of ether oxygens (including phenoxy) is 1. The Balaban J connectivity index is 2.16. The predicted octanol–water partition coefficient (Wildman–Crippen LogP) is 1.04. The SMILES string of the molecule is CCOC1CC(NC(=O)C(N)CC(C)C)C1. The van der Waals surface area contributed by atoms with Crippen LogP contribution in [0.5, 0.6) is 0 Å². The third kappa shape index (κ3) is 4.10. The largest absolute Gasteiger partial charge is 0.378 e.